The molecule has 1 rings (SSSR count). The minimum absolute atomic E-state index is 0.428. The maximum Gasteiger partial charge on any atom is 0.336 e. The van der Waals surface area contributed by atoms with Crippen molar-refractivity contribution in [2.45, 2.75) is 6.10 Å². The van der Waals surface area contributed by atoms with Crippen LogP contribution in [0, 0.1) is 15.9 Å². The molecular weight excluding hydrogens is 281 g/mol. The van der Waals surface area contributed by atoms with Gasteiger partial charge in [-0.2, -0.15) is 0 Å². The van der Waals surface area contributed by atoms with E-state index >= 15 is 0 Å². The van der Waals surface area contributed by atoms with Crippen molar-refractivity contribution >= 4 is 23.3 Å². The molecule has 0 aliphatic rings. The molecule has 1 atom stereocenters. The topological polar surface area (TPSA) is 89.7 Å². The molecule has 1 unspecified atom stereocenters. The molecule has 0 radical (unpaired) electrons. The first kappa shape index (κ1) is 15.1. The second-order valence-electron chi connectivity index (χ2n) is 3.50. The second-order valence-corrected chi connectivity index (χ2v) is 3.91. The van der Waals surface area contributed by atoms with Crippen LogP contribution in [0.25, 0.3) is 0 Å². The molecule has 0 aromatic heterocycles. The number of aliphatic hydroxyl groups excluding tert-OH is 1. The zero-order valence-corrected chi connectivity index (χ0v) is 10.5. The van der Waals surface area contributed by atoms with Crippen molar-refractivity contribution < 1.29 is 24.0 Å². The van der Waals surface area contributed by atoms with Crippen LogP contribution in [-0.4, -0.2) is 23.1 Å². The van der Waals surface area contributed by atoms with E-state index in [-0.39, 0.29) is 0 Å². The average molecular weight is 290 g/mol. The third-order valence-corrected chi connectivity index (χ3v) is 2.63. The number of benzene rings is 1. The number of methoxy groups -OCH3 is 1. The third-order valence-electron chi connectivity index (χ3n) is 2.34. The molecule has 1 aromatic carbocycles. The Bertz CT molecular complexity index is 560. The minimum Gasteiger partial charge on any atom is -0.466 e. The van der Waals surface area contributed by atoms with E-state index in [1.165, 1.54) is 0 Å². The quantitative estimate of drug-likeness (QED) is 0.397. The van der Waals surface area contributed by atoms with Gasteiger partial charge >= 0.3 is 5.97 Å². The Morgan fingerprint density at radius 1 is 1.63 bits per heavy atom. The Hall–Kier alpha value is -1.99. The number of hydrogen-bond acceptors (Lipinski definition) is 5. The highest BCUT2D eigenvalue weighted by Crippen LogP contribution is 2.33. The number of esters is 1. The van der Waals surface area contributed by atoms with Crippen LogP contribution in [0.2, 0.25) is 5.02 Å². The first-order chi connectivity index (χ1) is 8.79. The van der Waals surface area contributed by atoms with Crippen molar-refractivity contribution in [3.05, 3.63) is 50.8 Å². The van der Waals surface area contributed by atoms with Crippen LogP contribution in [0.4, 0.5) is 10.1 Å². The molecule has 1 N–H and O–H groups in total. The van der Waals surface area contributed by atoms with Gasteiger partial charge in [-0.15, -0.1) is 0 Å². The van der Waals surface area contributed by atoms with E-state index in [1.54, 1.807) is 0 Å². The van der Waals surface area contributed by atoms with Gasteiger partial charge in [0.05, 0.1) is 28.2 Å². The zero-order valence-electron chi connectivity index (χ0n) is 9.72. The second kappa shape index (κ2) is 5.77. The molecule has 102 valence electrons. The fourth-order valence-corrected chi connectivity index (χ4v) is 1.52. The van der Waals surface area contributed by atoms with Crippen LogP contribution >= 0.6 is 11.6 Å². The van der Waals surface area contributed by atoms with Crippen LogP contribution in [0.5, 0.6) is 0 Å². The number of nitro benzene ring substituents is 1. The first-order valence-electron chi connectivity index (χ1n) is 4.88. The molecular formula is C11H9ClFNO5. The SMILES string of the molecule is C=C(C(=O)OC)C(O)c1cc(F)c(Cl)cc1[N+](=O)[O-]. The van der Waals surface area contributed by atoms with Crippen molar-refractivity contribution in [1.82, 2.24) is 0 Å². The summed E-state index contributed by atoms with van der Waals surface area (Å²) >= 11 is 5.43. The lowest BCUT2D eigenvalue weighted by molar-refractivity contribution is -0.386. The van der Waals surface area contributed by atoms with Crippen LogP contribution in [0.1, 0.15) is 11.7 Å². The molecule has 0 fully saturated rings. The molecule has 19 heavy (non-hydrogen) atoms. The number of nitrogens with zero attached hydrogens (tertiary/aromatic N) is 1. The number of nitro groups is 1. The lowest BCUT2D eigenvalue weighted by Crippen LogP contribution is -2.13. The number of carbonyl (C=O) groups excluding carboxylic acids is 1. The van der Waals surface area contributed by atoms with E-state index in [1.807, 2.05) is 0 Å². The van der Waals surface area contributed by atoms with Gasteiger partial charge in [-0.05, 0) is 6.07 Å². The van der Waals surface area contributed by atoms with Crippen LogP contribution in [-0.2, 0) is 9.53 Å². The molecule has 0 heterocycles. The van der Waals surface area contributed by atoms with Gasteiger partial charge in [0, 0.05) is 6.07 Å². The van der Waals surface area contributed by atoms with E-state index in [0.29, 0.717) is 6.07 Å². The lowest BCUT2D eigenvalue weighted by Gasteiger charge is -2.13. The molecule has 0 amide bonds. The Labute approximate surface area is 112 Å². The Morgan fingerprint density at radius 3 is 2.68 bits per heavy atom. The highest BCUT2D eigenvalue weighted by molar-refractivity contribution is 6.31. The Balaban J connectivity index is 3.33. The summed E-state index contributed by atoms with van der Waals surface area (Å²) in [6.07, 6.45) is -1.76. The molecule has 6 nitrogen and oxygen atoms in total. The van der Waals surface area contributed by atoms with Gasteiger partial charge in [-0.1, -0.05) is 18.2 Å². The van der Waals surface area contributed by atoms with Gasteiger partial charge in [0.1, 0.15) is 11.9 Å². The summed E-state index contributed by atoms with van der Waals surface area (Å²) in [7, 11) is 1.05. The van der Waals surface area contributed by atoms with Crippen LogP contribution < -0.4 is 0 Å². The zero-order chi connectivity index (χ0) is 14.7. The van der Waals surface area contributed by atoms with Gasteiger partial charge in [0.15, 0.2) is 0 Å². The van der Waals surface area contributed by atoms with E-state index in [4.69, 9.17) is 11.6 Å². The fraction of sp³-hybridized carbons (Fsp3) is 0.182. The van der Waals surface area contributed by atoms with Crippen molar-refractivity contribution in [1.29, 1.82) is 0 Å². The van der Waals surface area contributed by atoms with Crippen molar-refractivity contribution in [2.24, 2.45) is 0 Å². The number of halogens is 2. The highest BCUT2D eigenvalue weighted by Gasteiger charge is 2.28. The number of ether oxygens (including phenoxy) is 1. The largest absolute Gasteiger partial charge is 0.466 e. The average Bonchev–Trinajstić information content (AvgIpc) is 2.38. The van der Waals surface area contributed by atoms with Gasteiger partial charge in [0.2, 0.25) is 0 Å². The fourth-order valence-electron chi connectivity index (χ4n) is 1.36. The maximum absolute atomic E-state index is 13.3. The Kier molecular flexibility index (Phi) is 4.57. The molecule has 0 aliphatic heterocycles. The van der Waals surface area contributed by atoms with E-state index in [2.05, 4.69) is 11.3 Å². The van der Waals surface area contributed by atoms with E-state index < -0.39 is 44.7 Å². The third kappa shape index (κ3) is 3.07. The summed E-state index contributed by atoms with van der Waals surface area (Å²) in [4.78, 5) is 21.2. The number of rotatable bonds is 4. The summed E-state index contributed by atoms with van der Waals surface area (Å²) in [5, 5.41) is 20.2. The van der Waals surface area contributed by atoms with E-state index in [0.717, 1.165) is 13.2 Å². The molecule has 0 saturated heterocycles. The van der Waals surface area contributed by atoms with Gasteiger partial charge < -0.3 is 9.84 Å². The summed E-state index contributed by atoms with van der Waals surface area (Å²) in [5.74, 6) is -1.92. The highest BCUT2D eigenvalue weighted by atomic mass is 35.5. The smallest absolute Gasteiger partial charge is 0.336 e. The molecule has 0 saturated carbocycles. The summed E-state index contributed by atoms with van der Waals surface area (Å²) in [6, 6.07) is 1.43. The summed E-state index contributed by atoms with van der Waals surface area (Å²) in [6.45, 7) is 3.25. The maximum atomic E-state index is 13.3. The minimum atomic E-state index is -1.76. The molecule has 0 bridgehead atoms. The van der Waals surface area contributed by atoms with Crippen molar-refractivity contribution in [2.75, 3.05) is 7.11 Å². The molecule has 8 heteroatoms. The predicted octanol–water partition coefficient (Wildman–Crippen LogP) is 2.15. The molecule has 0 spiro atoms. The number of aliphatic hydroxyl groups is 1. The predicted molar refractivity (Wildman–Crippen MR) is 64.2 cm³/mol. The standard InChI is InChI=1S/C11H9ClFNO5/c1-5(11(16)19-2)10(15)6-3-8(13)7(12)4-9(6)14(17)18/h3-4,10,15H,1H2,2H3. The van der Waals surface area contributed by atoms with E-state index in [9.17, 15) is 24.4 Å². The number of carbonyl (C=O) groups is 1. The van der Waals surface area contributed by atoms with Gasteiger partial charge in [0.25, 0.3) is 5.69 Å². The van der Waals surface area contributed by atoms with Crippen LogP contribution in [0.15, 0.2) is 24.3 Å². The molecule has 0 aliphatic carbocycles. The lowest BCUT2D eigenvalue weighted by atomic mass is 10.0. The van der Waals surface area contributed by atoms with Gasteiger partial charge in [-0.3, -0.25) is 10.1 Å². The normalized spacial score (nSPS) is 11.8. The van der Waals surface area contributed by atoms with Crippen LogP contribution in [0.3, 0.4) is 0 Å². The molecule has 1 aromatic rings. The van der Waals surface area contributed by atoms with Crippen molar-refractivity contribution in [3.63, 3.8) is 0 Å². The first-order valence-corrected chi connectivity index (χ1v) is 5.25. The summed E-state index contributed by atoms with van der Waals surface area (Å²) in [5.41, 5.74) is -1.50. The monoisotopic (exact) mass is 289 g/mol. The Morgan fingerprint density at radius 2 is 2.21 bits per heavy atom. The van der Waals surface area contributed by atoms with Crippen molar-refractivity contribution in [3.8, 4) is 0 Å². The van der Waals surface area contributed by atoms with Gasteiger partial charge in [-0.25, -0.2) is 9.18 Å². The summed E-state index contributed by atoms with van der Waals surface area (Å²) < 4.78 is 17.6. The number of hydrogen-bond donors (Lipinski definition) is 1.